The van der Waals surface area contributed by atoms with Gasteiger partial charge in [0, 0.05) is 11.9 Å². The smallest absolute Gasteiger partial charge is 0.317 e. The number of carbonyl (C=O) groups is 2. The second-order valence-corrected chi connectivity index (χ2v) is 5.08. The molecule has 16 heavy (non-hydrogen) atoms. The molecule has 0 saturated heterocycles. The van der Waals surface area contributed by atoms with E-state index in [0.717, 1.165) is 17.3 Å². The summed E-state index contributed by atoms with van der Waals surface area (Å²) in [5, 5.41) is 8.61. The fourth-order valence-corrected chi connectivity index (χ4v) is 2.12. The van der Waals surface area contributed by atoms with E-state index >= 15 is 0 Å². The van der Waals surface area contributed by atoms with Crippen LogP contribution in [-0.4, -0.2) is 21.4 Å². The number of carbonyl (C=O) groups excluding carboxylic acids is 1. The second-order valence-electron chi connectivity index (χ2n) is 3.27. The number of aliphatic carboxylic acids is 1. The molecule has 0 aliphatic carbocycles. The predicted octanol–water partition coefficient (Wildman–Crippen LogP) is 2.62. The summed E-state index contributed by atoms with van der Waals surface area (Å²) in [5.41, 5.74) is 0.852. The third kappa shape index (κ3) is 4.24. The van der Waals surface area contributed by atoms with Crippen molar-refractivity contribution < 1.29 is 14.7 Å². The van der Waals surface area contributed by atoms with Gasteiger partial charge in [0.15, 0.2) is 5.12 Å². The Labute approximate surface area is 103 Å². The number of halogens is 1. The van der Waals surface area contributed by atoms with Crippen LogP contribution in [0.25, 0.3) is 0 Å². The van der Waals surface area contributed by atoms with Crippen LogP contribution in [-0.2, 0) is 16.0 Å². The van der Waals surface area contributed by atoms with Crippen molar-refractivity contribution in [1.29, 1.82) is 0 Å². The van der Waals surface area contributed by atoms with Crippen molar-refractivity contribution in [1.82, 2.24) is 0 Å². The van der Waals surface area contributed by atoms with E-state index in [1.165, 1.54) is 6.92 Å². The van der Waals surface area contributed by atoms with Crippen molar-refractivity contribution >= 4 is 34.4 Å². The third-order valence-corrected chi connectivity index (χ3v) is 3.15. The standard InChI is InChI=1S/C11H11ClO3S/c1-7(13)16-10(11(14)15)6-8-2-4-9(12)5-3-8/h2-5,10H,6H2,1H3,(H,14,15)/t10-/m0/s1. The third-order valence-electron chi connectivity index (χ3n) is 1.92. The summed E-state index contributed by atoms with van der Waals surface area (Å²) in [6.07, 6.45) is 0.316. The van der Waals surface area contributed by atoms with Gasteiger partial charge in [-0.1, -0.05) is 35.5 Å². The molecule has 1 N–H and O–H groups in total. The maximum atomic E-state index is 10.9. The highest BCUT2D eigenvalue weighted by Crippen LogP contribution is 2.19. The molecule has 1 aromatic rings. The lowest BCUT2D eigenvalue weighted by atomic mass is 10.1. The molecule has 0 fully saturated rings. The highest BCUT2D eigenvalue weighted by atomic mass is 35.5. The Kier molecular flexibility index (Phi) is 4.83. The number of rotatable bonds is 4. The van der Waals surface area contributed by atoms with Crippen LogP contribution in [0.15, 0.2) is 24.3 Å². The average molecular weight is 259 g/mol. The van der Waals surface area contributed by atoms with Gasteiger partial charge in [0.05, 0.1) is 0 Å². The molecule has 86 valence electrons. The normalized spacial score (nSPS) is 12.1. The van der Waals surface area contributed by atoms with E-state index in [9.17, 15) is 9.59 Å². The van der Waals surface area contributed by atoms with E-state index in [-0.39, 0.29) is 5.12 Å². The molecule has 0 unspecified atom stereocenters. The van der Waals surface area contributed by atoms with E-state index in [1.807, 2.05) is 0 Å². The second kappa shape index (κ2) is 5.92. The molecule has 0 amide bonds. The van der Waals surface area contributed by atoms with Crippen molar-refractivity contribution in [3.8, 4) is 0 Å². The molecule has 0 bridgehead atoms. The number of benzene rings is 1. The van der Waals surface area contributed by atoms with E-state index in [4.69, 9.17) is 16.7 Å². The summed E-state index contributed by atoms with van der Waals surface area (Å²) in [4.78, 5) is 21.8. The molecule has 5 heteroatoms. The van der Waals surface area contributed by atoms with Crippen molar-refractivity contribution in [2.75, 3.05) is 0 Å². The largest absolute Gasteiger partial charge is 0.480 e. The zero-order valence-corrected chi connectivity index (χ0v) is 10.2. The first kappa shape index (κ1) is 13.1. The van der Waals surface area contributed by atoms with E-state index in [1.54, 1.807) is 24.3 Å². The molecule has 0 aromatic heterocycles. The minimum atomic E-state index is -0.977. The van der Waals surface area contributed by atoms with Crippen LogP contribution < -0.4 is 0 Å². The van der Waals surface area contributed by atoms with Gasteiger partial charge in [-0.25, -0.2) is 0 Å². The summed E-state index contributed by atoms with van der Waals surface area (Å²) >= 11 is 6.55. The van der Waals surface area contributed by atoms with Crippen molar-refractivity contribution in [3.05, 3.63) is 34.9 Å². The fourth-order valence-electron chi connectivity index (χ4n) is 1.21. The first-order valence-electron chi connectivity index (χ1n) is 4.63. The monoisotopic (exact) mass is 258 g/mol. The summed E-state index contributed by atoms with van der Waals surface area (Å²) in [6.45, 7) is 1.36. The van der Waals surface area contributed by atoms with Gasteiger partial charge in [-0.15, -0.1) is 0 Å². The maximum Gasteiger partial charge on any atom is 0.317 e. The summed E-state index contributed by atoms with van der Waals surface area (Å²) in [7, 11) is 0. The summed E-state index contributed by atoms with van der Waals surface area (Å²) in [5.74, 6) is -0.977. The summed E-state index contributed by atoms with van der Waals surface area (Å²) < 4.78 is 0. The highest BCUT2D eigenvalue weighted by molar-refractivity contribution is 8.14. The summed E-state index contributed by atoms with van der Waals surface area (Å²) in [6, 6.07) is 6.93. The van der Waals surface area contributed by atoms with E-state index in [2.05, 4.69) is 0 Å². The van der Waals surface area contributed by atoms with E-state index < -0.39 is 11.2 Å². The molecule has 0 saturated carbocycles. The van der Waals surface area contributed by atoms with Gasteiger partial charge in [-0.2, -0.15) is 0 Å². The Morgan fingerprint density at radius 1 is 1.38 bits per heavy atom. The SMILES string of the molecule is CC(=O)S[C@@H](Cc1ccc(Cl)cc1)C(=O)O. The molecule has 3 nitrogen and oxygen atoms in total. The molecule has 0 radical (unpaired) electrons. The molecule has 0 heterocycles. The Bertz CT molecular complexity index is 389. The van der Waals surface area contributed by atoms with E-state index in [0.29, 0.717) is 11.4 Å². The van der Waals surface area contributed by atoms with Crippen molar-refractivity contribution in [2.24, 2.45) is 0 Å². The number of carboxylic acids is 1. The lowest BCUT2D eigenvalue weighted by Gasteiger charge is -2.09. The van der Waals surface area contributed by atoms with Gasteiger partial charge < -0.3 is 5.11 Å². The lowest BCUT2D eigenvalue weighted by molar-refractivity contribution is -0.136. The van der Waals surface area contributed by atoms with Gasteiger partial charge >= 0.3 is 5.97 Å². The first-order valence-corrected chi connectivity index (χ1v) is 5.89. The molecule has 0 aliphatic rings. The first-order chi connectivity index (χ1) is 7.49. The average Bonchev–Trinajstić information content (AvgIpc) is 2.19. The predicted molar refractivity (Wildman–Crippen MR) is 64.9 cm³/mol. The van der Waals surface area contributed by atoms with Gasteiger partial charge in [-0.3, -0.25) is 9.59 Å². The molecule has 0 aliphatic heterocycles. The quantitative estimate of drug-likeness (QED) is 0.902. The van der Waals surface area contributed by atoms with Crippen LogP contribution in [0, 0.1) is 0 Å². The number of hydrogen-bond donors (Lipinski definition) is 1. The van der Waals surface area contributed by atoms with Crippen molar-refractivity contribution in [2.45, 2.75) is 18.6 Å². The van der Waals surface area contributed by atoms with Crippen LogP contribution in [0.3, 0.4) is 0 Å². The van der Waals surface area contributed by atoms with Crippen LogP contribution in [0.2, 0.25) is 5.02 Å². The van der Waals surface area contributed by atoms with Gasteiger partial charge in [-0.05, 0) is 24.1 Å². The number of hydrogen-bond acceptors (Lipinski definition) is 3. The van der Waals surface area contributed by atoms with Gasteiger partial charge in [0.1, 0.15) is 5.25 Å². The van der Waals surface area contributed by atoms with Gasteiger partial charge in [0.2, 0.25) is 0 Å². The Morgan fingerprint density at radius 2 is 1.94 bits per heavy atom. The topological polar surface area (TPSA) is 54.4 Å². The van der Waals surface area contributed by atoms with Crippen LogP contribution in [0.1, 0.15) is 12.5 Å². The fraction of sp³-hybridized carbons (Fsp3) is 0.273. The molecular formula is C11H11ClO3S. The Morgan fingerprint density at radius 3 is 2.38 bits per heavy atom. The number of thioether (sulfide) groups is 1. The van der Waals surface area contributed by atoms with Crippen LogP contribution >= 0.6 is 23.4 Å². The van der Waals surface area contributed by atoms with Crippen LogP contribution in [0.5, 0.6) is 0 Å². The Balaban J connectivity index is 2.71. The van der Waals surface area contributed by atoms with Gasteiger partial charge in [0.25, 0.3) is 0 Å². The lowest BCUT2D eigenvalue weighted by Crippen LogP contribution is -2.20. The molecular weight excluding hydrogens is 248 g/mol. The maximum absolute atomic E-state index is 10.9. The number of carboxylic acid groups (broad SMARTS) is 1. The molecule has 1 rings (SSSR count). The molecule has 1 atom stereocenters. The zero-order chi connectivity index (χ0) is 12.1. The van der Waals surface area contributed by atoms with Crippen LogP contribution in [0.4, 0.5) is 0 Å². The Hall–Kier alpha value is -1.00. The zero-order valence-electron chi connectivity index (χ0n) is 8.64. The minimum absolute atomic E-state index is 0.193. The molecule has 0 spiro atoms. The van der Waals surface area contributed by atoms with Crippen molar-refractivity contribution in [3.63, 3.8) is 0 Å². The molecule has 1 aromatic carbocycles. The highest BCUT2D eigenvalue weighted by Gasteiger charge is 2.20. The minimum Gasteiger partial charge on any atom is -0.480 e.